The van der Waals surface area contributed by atoms with Crippen LogP contribution in [0.5, 0.6) is 0 Å². The molecule has 1 aliphatic rings. The lowest BCUT2D eigenvalue weighted by Crippen LogP contribution is -2.33. The van der Waals surface area contributed by atoms with Crippen LogP contribution in [0, 0.1) is 18.7 Å². The van der Waals surface area contributed by atoms with Crippen LogP contribution in [0.15, 0.2) is 42.9 Å². The minimum atomic E-state index is -0.935. The number of aliphatic hydroxyl groups excluding tert-OH is 2. The Hall–Kier alpha value is -2.35. The largest absolute Gasteiger partial charge is 0.390 e. The van der Waals surface area contributed by atoms with E-state index >= 15 is 0 Å². The molecule has 0 spiro atoms. The van der Waals surface area contributed by atoms with Crippen LogP contribution in [0.4, 0.5) is 4.39 Å². The minimum Gasteiger partial charge on any atom is -0.390 e. The Morgan fingerprint density at radius 1 is 1.19 bits per heavy atom. The number of benzene rings is 1. The molecule has 6 nitrogen and oxygen atoms in total. The highest BCUT2D eigenvalue weighted by Gasteiger charge is 2.46. The Balaban J connectivity index is 1.67. The number of aryl methyl sites for hydroxylation is 1. The molecule has 1 aliphatic carbocycles. The summed E-state index contributed by atoms with van der Waals surface area (Å²) in [5, 5.41) is 22.4. The number of fused-ring (bicyclic) bond motifs is 1. The first kappa shape index (κ1) is 18.0. The molecule has 0 amide bonds. The maximum atomic E-state index is 13.3. The molecule has 3 aromatic rings. The van der Waals surface area contributed by atoms with Crippen LogP contribution < -0.4 is 5.73 Å². The number of aliphatic hydroxyl groups is 2. The van der Waals surface area contributed by atoms with Gasteiger partial charge < -0.3 is 20.5 Å². The fourth-order valence-electron chi connectivity index (χ4n) is 4.35. The van der Waals surface area contributed by atoms with E-state index in [1.165, 1.54) is 18.5 Å². The monoisotopic (exact) mass is 370 g/mol. The summed E-state index contributed by atoms with van der Waals surface area (Å²) in [7, 11) is 0. The van der Waals surface area contributed by atoms with Gasteiger partial charge in [0.1, 0.15) is 23.9 Å². The second-order valence-corrected chi connectivity index (χ2v) is 7.26. The summed E-state index contributed by atoms with van der Waals surface area (Å²) in [6, 6.07) is 7.80. The van der Waals surface area contributed by atoms with E-state index in [9.17, 15) is 14.6 Å². The van der Waals surface area contributed by atoms with E-state index in [0.29, 0.717) is 13.0 Å². The molecular weight excluding hydrogens is 347 g/mol. The number of hydrogen-bond donors (Lipinski definition) is 3. The Kier molecular flexibility index (Phi) is 4.67. The van der Waals surface area contributed by atoms with Crippen molar-refractivity contribution < 1.29 is 14.6 Å². The van der Waals surface area contributed by atoms with E-state index in [1.54, 1.807) is 12.1 Å². The number of hydrogen-bond acceptors (Lipinski definition) is 5. The van der Waals surface area contributed by atoms with Crippen molar-refractivity contribution in [2.45, 2.75) is 37.5 Å². The number of nitrogens with zero attached hydrogens (tertiary/aromatic N) is 3. The molecule has 0 bridgehead atoms. The summed E-state index contributed by atoms with van der Waals surface area (Å²) in [4.78, 5) is 8.56. The van der Waals surface area contributed by atoms with Crippen molar-refractivity contribution in [3.05, 3.63) is 59.9 Å². The highest BCUT2D eigenvalue weighted by molar-refractivity contribution is 5.78. The third-order valence-corrected chi connectivity index (χ3v) is 5.83. The van der Waals surface area contributed by atoms with Crippen LogP contribution >= 0.6 is 0 Å². The average molecular weight is 370 g/mol. The fraction of sp³-hybridized carbons (Fsp3) is 0.400. The quantitative estimate of drug-likeness (QED) is 0.652. The molecule has 2 aromatic heterocycles. The highest BCUT2D eigenvalue weighted by Crippen LogP contribution is 2.43. The van der Waals surface area contributed by atoms with Gasteiger partial charge in [0.25, 0.3) is 0 Å². The summed E-state index contributed by atoms with van der Waals surface area (Å²) in [5.41, 5.74) is 8.47. The Morgan fingerprint density at radius 3 is 2.63 bits per heavy atom. The number of halogens is 1. The molecule has 0 aliphatic heterocycles. The van der Waals surface area contributed by atoms with Gasteiger partial charge in [-0.1, -0.05) is 12.1 Å². The molecule has 0 saturated heterocycles. The van der Waals surface area contributed by atoms with Crippen molar-refractivity contribution in [3.8, 4) is 0 Å². The van der Waals surface area contributed by atoms with Gasteiger partial charge in [0.2, 0.25) is 0 Å². The van der Waals surface area contributed by atoms with E-state index in [1.807, 2.05) is 23.8 Å². The van der Waals surface area contributed by atoms with E-state index in [0.717, 1.165) is 22.3 Å². The second kappa shape index (κ2) is 6.99. The smallest absolute Gasteiger partial charge is 0.143 e. The molecule has 0 radical (unpaired) electrons. The fourth-order valence-corrected chi connectivity index (χ4v) is 4.35. The predicted molar refractivity (Wildman–Crippen MR) is 99.6 cm³/mol. The van der Waals surface area contributed by atoms with Crippen LogP contribution in [0.1, 0.15) is 29.6 Å². The van der Waals surface area contributed by atoms with Crippen LogP contribution in [0.25, 0.3) is 11.0 Å². The van der Waals surface area contributed by atoms with Crippen molar-refractivity contribution >= 4 is 11.0 Å². The predicted octanol–water partition coefficient (Wildman–Crippen LogP) is 1.90. The lowest BCUT2D eigenvalue weighted by atomic mass is 9.83. The highest BCUT2D eigenvalue weighted by atomic mass is 19.1. The van der Waals surface area contributed by atoms with Gasteiger partial charge in [-0.2, -0.15) is 0 Å². The summed E-state index contributed by atoms with van der Waals surface area (Å²) < 4.78 is 15.2. The lowest BCUT2D eigenvalue weighted by molar-refractivity contribution is 0.00238. The van der Waals surface area contributed by atoms with E-state index in [2.05, 4.69) is 9.97 Å². The molecule has 4 N–H and O–H groups in total. The number of rotatable bonds is 4. The minimum absolute atomic E-state index is 0.168. The van der Waals surface area contributed by atoms with Gasteiger partial charge in [0, 0.05) is 17.5 Å². The molecular formula is C20H23FN4O2. The average Bonchev–Trinajstić information content (AvgIpc) is 3.21. The zero-order valence-corrected chi connectivity index (χ0v) is 15.0. The van der Waals surface area contributed by atoms with Gasteiger partial charge in [-0.15, -0.1) is 0 Å². The van der Waals surface area contributed by atoms with Crippen molar-refractivity contribution in [2.24, 2.45) is 11.7 Å². The second-order valence-electron chi connectivity index (χ2n) is 7.26. The molecule has 142 valence electrons. The Morgan fingerprint density at radius 2 is 1.93 bits per heavy atom. The number of aromatic nitrogens is 3. The summed E-state index contributed by atoms with van der Waals surface area (Å²) >= 11 is 0. The maximum Gasteiger partial charge on any atom is 0.143 e. The zero-order chi connectivity index (χ0) is 19.1. The summed E-state index contributed by atoms with van der Waals surface area (Å²) in [5.74, 6) is -0.715. The van der Waals surface area contributed by atoms with Crippen LogP contribution in [0.3, 0.4) is 0 Å². The molecule has 2 unspecified atom stereocenters. The van der Waals surface area contributed by atoms with E-state index in [4.69, 9.17) is 5.73 Å². The van der Waals surface area contributed by atoms with Crippen molar-refractivity contribution in [3.63, 3.8) is 0 Å². The molecule has 4 rings (SSSR count). The van der Waals surface area contributed by atoms with Gasteiger partial charge in [-0.3, -0.25) is 0 Å². The SMILES string of the molecule is Cc1ncnc2c1ccn2C1CC([C@@H](CN)c2ccc(F)cc2)[C@@H](O)[C@H]1O. The van der Waals surface area contributed by atoms with Gasteiger partial charge in [-0.05, 0) is 49.6 Å². The molecule has 7 heteroatoms. The first-order valence-corrected chi connectivity index (χ1v) is 9.11. The molecule has 27 heavy (non-hydrogen) atoms. The third kappa shape index (κ3) is 3.01. The first-order chi connectivity index (χ1) is 13.0. The summed E-state index contributed by atoms with van der Waals surface area (Å²) in [6.45, 7) is 2.22. The molecule has 5 atom stereocenters. The Labute approximate surface area is 156 Å². The Bertz CT molecular complexity index is 943. The normalized spacial score (nSPS) is 26.6. The third-order valence-electron chi connectivity index (χ3n) is 5.83. The first-order valence-electron chi connectivity index (χ1n) is 9.11. The van der Waals surface area contributed by atoms with Crippen LogP contribution in [0.2, 0.25) is 0 Å². The number of nitrogens with two attached hydrogens (primary N) is 1. The van der Waals surface area contributed by atoms with Crippen LogP contribution in [-0.4, -0.2) is 43.5 Å². The van der Waals surface area contributed by atoms with Crippen molar-refractivity contribution in [1.29, 1.82) is 0 Å². The van der Waals surface area contributed by atoms with Gasteiger partial charge in [-0.25, -0.2) is 14.4 Å². The summed E-state index contributed by atoms with van der Waals surface area (Å²) in [6.07, 6.45) is 2.08. The van der Waals surface area contributed by atoms with E-state index in [-0.39, 0.29) is 23.7 Å². The lowest BCUT2D eigenvalue weighted by Gasteiger charge is -2.25. The molecule has 1 saturated carbocycles. The molecule has 2 heterocycles. The van der Waals surface area contributed by atoms with E-state index < -0.39 is 12.2 Å². The van der Waals surface area contributed by atoms with Gasteiger partial charge in [0.15, 0.2) is 0 Å². The van der Waals surface area contributed by atoms with Gasteiger partial charge >= 0.3 is 0 Å². The molecule has 1 fully saturated rings. The van der Waals surface area contributed by atoms with Gasteiger partial charge in [0.05, 0.1) is 17.8 Å². The molecule has 1 aromatic carbocycles. The van der Waals surface area contributed by atoms with Crippen LogP contribution in [-0.2, 0) is 0 Å². The standard InChI is InChI=1S/C20H23FN4O2/c1-11-14-6-7-25(20(14)24-10-23-11)17-8-15(18(26)19(17)27)16(9-22)12-2-4-13(21)5-3-12/h2-7,10,15-19,26-27H,8-9,22H2,1H3/t15?,16-,17?,18+,19-/m0/s1. The van der Waals surface area contributed by atoms with Crippen molar-refractivity contribution in [2.75, 3.05) is 6.54 Å². The topological polar surface area (TPSA) is 97.2 Å². The van der Waals surface area contributed by atoms with Crippen molar-refractivity contribution in [1.82, 2.24) is 14.5 Å². The zero-order valence-electron chi connectivity index (χ0n) is 15.0. The maximum absolute atomic E-state index is 13.3.